The van der Waals surface area contributed by atoms with Gasteiger partial charge in [-0.2, -0.15) is 13.2 Å². The van der Waals surface area contributed by atoms with Crippen LogP contribution in [0.2, 0.25) is 0 Å². The molecule has 0 amide bonds. The van der Waals surface area contributed by atoms with Crippen molar-refractivity contribution in [2.45, 2.75) is 19.5 Å². The van der Waals surface area contributed by atoms with Gasteiger partial charge in [-0.25, -0.2) is 0 Å². The Morgan fingerprint density at radius 1 is 1.20 bits per heavy atom. The molecule has 0 bridgehead atoms. The van der Waals surface area contributed by atoms with Gasteiger partial charge in [-0.1, -0.05) is 6.92 Å². The van der Waals surface area contributed by atoms with E-state index in [-0.39, 0.29) is 19.0 Å². The average molecular weight is 248 g/mol. The summed E-state index contributed by atoms with van der Waals surface area (Å²) in [5, 5.41) is 0. The van der Waals surface area contributed by atoms with Gasteiger partial charge < -0.3 is 4.74 Å². The van der Waals surface area contributed by atoms with Gasteiger partial charge in [0.25, 0.3) is 0 Å². The van der Waals surface area contributed by atoms with E-state index in [4.69, 9.17) is 16.3 Å². The number of halogens is 4. The summed E-state index contributed by atoms with van der Waals surface area (Å²) in [4.78, 5) is 1.25. The first-order chi connectivity index (χ1) is 6.99. The zero-order valence-corrected chi connectivity index (χ0v) is 9.57. The molecule has 0 aromatic carbocycles. The minimum absolute atomic E-state index is 0.198. The van der Waals surface area contributed by atoms with Crippen LogP contribution >= 0.6 is 11.6 Å². The molecule has 0 radical (unpaired) electrons. The van der Waals surface area contributed by atoms with E-state index < -0.39 is 12.7 Å². The highest BCUT2D eigenvalue weighted by Crippen LogP contribution is 2.16. The average Bonchev–Trinajstić information content (AvgIpc) is 2.10. The molecule has 0 saturated carbocycles. The van der Waals surface area contributed by atoms with E-state index in [9.17, 15) is 13.2 Å². The zero-order valence-electron chi connectivity index (χ0n) is 8.82. The van der Waals surface area contributed by atoms with Crippen LogP contribution in [0.15, 0.2) is 0 Å². The number of nitrogens with zero attached hydrogens (tertiary/aromatic N) is 1. The van der Waals surface area contributed by atoms with Crippen LogP contribution in [0.3, 0.4) is 0 Å². The molecule has 92 valence electrons. The van der Waals surface area contributed by atoms with Gasteiger partial charge in [0.15, 0.2) is 0 Å². The van der Waals surface area contributed by atoms with Gasteiger partial charge >= 0.3 is 6.18 Å². The molecule has 0 aromatic heterocycles. The molecule has 2 nitrogen and oxygen atoms in total. The van der Waals surface area contributed by atoms with Crippen molar-refractivity contribution >= 4 is 11.6 Å². The molecule has 15 heavy (non-hydrogen) atoms. The van der Waals surface area contributed by atoms with Gasteiger partial charge in [0.05, 0.1) is 13.2 Å². The Bertz CT molecular complexity index is 155. The molecule has 0 aliphatic heterocycles. The molecule has 0 unspecified atom stereocenters. The second-order valence-electron chi connectivity index (χ2n) is 3.19. The van der Waals surface area contributed by atoms with Crippen LogP contribution in [0.5, 0.6) is 0 Å². The highest BCUT2D eigenvalue weighted by molar-refractivity contribution is 6.18. The van der Waals surface area contributed by atoms with Crippen molar-refractivity contribution in [3.63, 3.8) is 0 Å². The molecule has 0 rings (SSSR count). The van der Waals surface area contributed by atoms with Gasteiger partial charge in [-0.3, -0.25) is 4.90 Å². The standard InChI is InChI=1S/C9H17ClF3NO/c1-2-6-15-7-5-14(4-3-10)8-9(11,12)13/h2-8H2,1H3. The van der Waals surface area contributed by atoms with Crippen LogP contribution in [0.4, 0.5) is 13.2 Å². The molecule has 0 heterocycles. The van der Waals surface area contributed by atoms with Crippen LogP contribution in [-0.4, -0.2) is 49.8 Å². The van der Waals surface area contributed by atoms with Crippen molar-refractivity contribution < 1.29 is 17.9 Å². The molecular weight excluding hydrogens is 231 g/mol. The quantitative estimate of drug-likeness (QED) is 0.483. The van der Waals surface area contributed by atoms with Crippen molar-refractivity contribution in [3.05, 3.63) is 0 Å². The number of hydrogen-bond acceptors (Lipinski definition) is 2. The van der Waals surface area contributed by atoms with E-state index in [1.54, 1.807) is 0 Å². The van der Waals surface area contributed by atoms with Gasteiger partial charge in [-0.15, -0.1) is 11.6 Å². The Kier molecular flexibility index (Phi) is 8.19. The fourth-order valence-electron chi connectivity index (χ4n) is 1.08. The second kappa shape index (κ2) is 8.19. The normalized spacial score (nSPS) is 12.4. The van der Waals surface area contributed by atoms with Crippen molar-refractivity contribution in [2.75, 3.05) is 38.7 Å². The maximum absolute atomic E-state index is 12.1. The lowest BCUT2D eigenvalue weighted by Gasteiger charge is -2.22. The summed E-state index contributed by atoms with van der Waals surface area (Å²) in [6.07, 6.45) is -3.30. The smallest absolute Gasteiger partial charge is 0.380 e. The Labute approximate surface area is 93.3 Å². The molecule has 0 aromatic rings. The first-order valence-electron chi connectivity index (χ1n) is 4.92. The highest BCUT2D eigenvalue weighted by atomic mass is 35.5. The van der Waals surface area contributed by atoms with E-state index in [0.717, 1.165) is 6.42 Å². The summed E-state index contributed by atoms with van der Waals surface area (Å²) in [5.74, 6) is 0.198. The largest absolute Gasteiger partial charge is 0.401 e. The summed E-state index contributed by atoms with van der Waals surface area (Å²) in [6.45, 7) is 2.44. The number of rotatable bonds is 8. The fourth-order valence-corrected chi connectivity index (χ4v) is 1.32. The van der Waals surface area contributed by atoms with Crippen molar-refractivity contribution in [1.82, 2.24) is 4.90 Å². The molecule has 0 aliphatic carbocycles. The molecule has 0 aliphatic rings. The molecule has 0 fully saturated rings. The van der Waals surface area contributed by atoms with Gasteiger partial charge in [0.2, 0.25) is 0 Å². The number of ether oxygens (including phenoxy) is 1. The number of alkyl halides is 4. The van der Waals surface area contributed by atoms with E-state index in [0.29, 0.717) is 13.2 Å². The van der Waals surface area contributed by atoms with E-state index >= 15 is 0 Å². The van der Waals surface area contributed by atoms with E-state index in [1.807, 2.05) is 6.92 Å². The van der Waals surface area contributed by atoms with Gasteiger partial charge in [0, 0.05) is 25.6 Å². The highest BCUT2D eigenvalue weighted by Gasteiger charge is 2.30. The molecule has 6 heteroatoms. The Hall–Kier alpha value is -0.0000000000000000555. The Morgan fingerprint density at radius 2 is 1.87 bits per heavy atom. The SMILES string of the molecule is CCCOCCN(CCCl)CC(F)(F)F. The topological polar surface area (TPSA) is 12.5 Å². The first-order valence-corrected chi connectivity index (χ1v) is 5.46. The lowest BCUT2D eigenvalue weighted by Crippen LogP contribution is -2.37. The minimum Gasteiger partial charge on any atom is -0.380 e. The molecule has 0 atom stereocenters. The minimum atomic E-state index is -4.17. The van der Waals surface area contributed by atoms with Crippen LogP contribution in [0, 0.1) is 0 Å². The first kappa shape index (κ1) is 15.0. The third-order valence-corrected chi connectivity index (χ3v) is 1.87. The maximum atomic E-state index is 12.1. The van der Waals surface area contributed by atoms with Crippen LogP contribution in [0.25, 0.3) is 0 Å². The van der Waals surface area contributed by atoms with Crippen LogP contribution in [0.1, 0.15) is 13.3 Å². The van der Waals surface area contributed by atoms with Crippen molar-refractivity contribution in [3.8, 4) is 0 Å². The molecule has 0 spiro atoms. The lowest BCUT2D eigenvalue weighted by molar-refractivity contribution is -0.146. The third kappa shape index (κ3) is 10.3. The van der Waals surface area contributed by atoms with E-state index in [1.165, 1.54) is 4.90 Å². The summed E-state index contributed by atoms with van der Waals surface area (Å²) in [5.41, 5.74) is 0. The van der Waals surface area contributed by atoms with Crippen molar-refractivity contribution in [2.24, 2.45) is 0 Å². The third-order valence-electron chi connectivity index (χ3n) is 1.70. The zero-order chi connectivity index (χ0) is 11.7. The Morgan fingerprint density at radius 3 is 2.33 bits per heavy atom. The number of hydrogen-bond donors (Lipinski definition) is 0. The summed E-state index contributed by atoms with van der Waals surface area (Å²) < 4.78 is 41.4. The summed E-state index contributed by atoms with van der Waals surface area (Å²) >= 11 is 5.42. The predicted octanol–water partition coefficient (Wildman–Crippen LogP) is 2.52. The maximum Gasteiger partial charge on any atom is 0.401 e. The van der Waals surface area contributed by atoms with Gasteiger partial charge in [-0.05, 0) is 6.42 Å². The Balaban J connectivity index is 3.73. The monoisotopic (exact) mass is 247 g/mol. The second-order valence-corrected chi connectivity index (χ2v) is 3.57. The lowest BCUT2D eigenvalue weighted by atomic mass is 10.4. The molecule has 0 N–H and O–H groups in total. The molecular formula is C9H17ClF3NO. The predicted molar refractivity (Wildman–Crippen MR) is 54.3 cm³/mol. The summed E-state index contributed by atoms with van der Waals surface area (Å²) in [6, 6.07) is 0. The molecule has 0 saturated heterocycles. The van der Waals surface area contributed by atoms with Gasteiger partial charge in [0.1, 0.15) is 0 Å². The van der Waals surface area contributed by atoms with E-state index in [2.05, 4.69) is 0 Å². The van der Waals surface area contributed by atoms with Crippen LogP contribution < -0.4 is 0 Å². The van der Waals surface area contributed by atoms with Crippen LogP contribution in [-0.2, 0) is 4.74 Å². The van der Waals surface area contributed by atoms with Crippen molar-refractivity contribution in [1.29, 1.82) is 0 Å². The fraction of sp³-hybridized carbons (Fsp3) is 1.00. The summed E-state index contributed by atoms with van der Waals surface area (Å²) in [7, 11) is 0.